The molecule has 0 aromatic carbocycles. The second kappa shape index (κ2) is 5.03. The molecule has 0 atom stereocenters. The van der Waals surface area contributed by atoms with E-state index in [2.05, 4.69) is 9.88 Å². The van der Waals surface area contributed by atoms with Gasteiger partial charge in [-0.05, 0) is 18.9 Å². The number of hydrogen-bond donors (Lipinski definition) is 2. The summed E-state index contributed by atoms with van der Waals surface area (Å²) in [5, 5.41) is 0. The number of primary amides is 1. The van der Waals surface area contributed by atoms with E-state index in [9.17, 15) is 4.79 Å². The molecule has 0 unspecified atom stereocenters. The highest BCUT2D eigenvalue weighted by atomic mass is 16.1. The Hall–Kier alpha value is -1.78. The van der Waals surface area contributed by atoms with Gasteiger partial charge in [-0.1, -0.05) is 12.8 Å². The molecule has 2 heterocycles. The summed E-state index contributed by atoms with van der Waals surface area (Å²) < 4.78 is 0. The number of anilines is 2. The maximum absolute atomic E-state index is 11.4. The summed E-state index contributed by atoms with van der Waals surface area (Å²) in [7, 11) is 0. The zero-order valence-electron chi connectivity index (χ0n) is 9.85. The average Bonchev–Trinajstić information content (AvgIpc) is 2.57. The van der Waals surface area contributed by atoms with E-state index in [4.69, 9.17) is 11.5 Å². The molecule has 1 fully saturated rings. The van der Waals surface area contributed by atoms with Crippen LogP contribution in [0.15, 0.2) is 12.3 Å². The summed E-state index contributed by atoms with van der Waals surface area (Å²) in [5.74, 6) is 0.206. The minimum atomic E-state index is -0.468. The molecule has 1 amide bonds. The Morgan fingerprint density at radius 2 is 1.88 bits per heavy atom. The molecule has 4 N–H and O–H groups in total. The van der Waals surface area contributed by atoms with Gasteiger partial charge in [0.2, 0.25) is 0 Å². The van der Waals surface area contributed by atoms with Crippen LogP contribution in [0, 0.1) is 0 Å². The summed E-state index contributed by atoms with van der Waals surface area (Å²) in [6.45, 7) is 1.86. The fourth-order valence-electron chi connectivity index (χ4n) is 2.19. The van der Waals surface area contributed by atoms with Crippen LogP contribution in [0.2, 0.25) is 0 Å². The van der Waals surface area contributed by atoms with Crippen LogP contribution in [0.3, 0.4) is 0 Å². The van der Waals surface area contributed by atoms with Crippen molar-refractivity contribution >= 4 is 17.4 Å². The van der Waals surface area contributed by atoms with Gasteiger partial charge in [-0.3, -0.25) is 4.79 Å². The molecule has 5 nitrogen and oxygen atoms in total. The molecule has 0 bridgehead atoms. The van der Waals surface area contributed by atoms with Crippen molar-refractivity contribution in [2.75, 3.05) is 23.7 Å². The van der Waals surface area contributed by atoms with Gasteiger partial charge < -0.3 is 16.4 Å². The van der Waals surface area contributed by atoms with E-state index in [0.717, 1.165) is 25.9 Å². The van der Waals surface area contributed by atoms with Gasteiger partial charge in [0.25, 0.3) is 5.91 Å². The van der Waals surface area contributed by atoms with Crippen LogP contribution in [-0.2, 0) is 0 Å². The number of rotatable bonds is 2. The Morgan fingerprint density at radius 3 is 2.47 bits per heavy atom. The van der Waals surface area contributed by atoms with Crippen molar-refractivity contribution in [2.45, 2.75) is 25.7 Å². The predicted octanol–water partition coefficient (Wildman–Crippen LogP) is 1.14. The maximum Gasteiger partial charge on any atom is 0.252 e. The highest BCUT2D eigenvalue weighted by Gasteiger charge is 2.17. The molecule has 0 radical (unpaired) electrons. The Kier molecular flexibility index (Phi) is 3.46. The molecule has 0 saturated carbocycles. The molecule has 1 aliphatic heterocycles. The van der Waals surface area contributed by atoms with Crippen LogP contribution in [0.1, 0.15) is 36.0 Å². The maximum atomic E-state index is 11.4. The highest BCUT2D eigenvalue weighted by Crippen LogP contribution is 2.22. The zero-order chi connectivity index (χ0) is 12.3. The van der Waals surface area contributed by atoms with Crippen LogP contribution >= 0.6 is 0 Å². The molecule has 17 heavy (non-hydrogen) atoms. The smallest absolute Gasteiger partial charge is 0.252 e. The second-order valence-electron chi connectivity index (χ2n) is 4.41. The molecular formula is C12H18N4O. The van der Waals surface area contributed by atoms with E-state index in [-0.39, 0.29) is 0 Å². The van der Waals surface area contributed by atoms with Gasteiger partial charge in [0.05, 0.1) is 17.4 Å². The number of nitrogens with two attached hydrogens (primary N) is 2. The van der Waals surface area contributed by atoms with Gasteiger partial charge in [-0.2, -0.15) is 0 Å². The lowest BCUT2D eigenvalue weighted by Crippen LogP contribution is -2.28. The normalized spacial score (nSPS) is 16.6. The van der Waals surface area contributed by atoms with E-state index < -0.39 is 5.91 Å². The van der Waals surface area contributed by atoms with Crippen molar-refractivity contribution in [2.24, 2.45) is 5.73 Å². The summed E-state index contributed by atoms with van der Waals surface area (Å²) in [5.41, 5.74) is 11.9. The lowest BCUT2D eigenvalue weighted by atomic mass is 10.2. The van der Waals surface area contributed by atoms with E-state index in [1.165, 1.54) is 12.8 Å². The molecule has 1 aliphatic rings. The van der Waals surface area contributed by atoms with Crippen molar-refractivity contribution in [1.29, 1.82) is 0 Å². The van der Waals surface area contributed by atoms with E-state index in [1.807, 2.05) is 0 Å². The summed E-state index contributed by atoms with van der Waals surface area (Å²) in [4.78, 5) is 17.8. The van der Waals surface area contributed by atoms with Gasteiger partial charge in [-0.25, -0.2) is 4.98 Å². The summed E-state index contributed by atoms with van der Waals surface area (Å²) >= 11 is 0. The van der Waals surface area contributed by atoms with Crippen molar-refractivity contribution in [1.82, 2.24) is 4.98 Å². The Labute approximate surface area is 101 Å². The first kappa shape index (κ1) is 11.7. The third-order valence-electron chi connectivity index (χ3n) is 3.06. The van der Waals surface area contributed by atoms with Crippen LogP contribution in [-0.4, -0.2) is 24.0 Å². The summed E-state index contributed by atoms with van der Waals surface area (Å²) in [6, 6.07) is 1.61. The molecule has 2 rings (SSSR count). The lowest BCUT2D eigenvalue weighted by Gasteiger charge is -2.23. The van der Waals surface area contributed by atoms with Crippen LogP contribution < -0.4 is 16.4 Å². The molecule has 1 aromatic heterocycles. The van der Waals surface area contributed by atoms with Gasteiger partial charge in [-0.15, -0.1) is 0 Å². The van der Waals surface area contributed by atoms with Gasteiger partial charge in [0.1, 0.15) is 5.82 Å². The quantitative estimate of drug-likeness (QED) is 0.803. The molecule has 1 aromatic rings. The van der Waals surface area contributed by atoms with E-state index in [0.29, 0.717) is 17.1 Å². The fraction of sp³-hybridized carbons (Fsp3) is 0.500. The van der Waals surface area contributed by atoms with E-state index >= 15 is 0 Å². The first-order valence-corrected chi connectivity index (χ1v) is 5.99. The monoisotopic (exact) mass is 234 g/mol. The topological polar surface area (TPSA) is 85.2 Å². The summed E-state index contributed by atoms with van der Waals surface area (Å²) in [6.07, 6.45) is 6.30. The van der Waals surface area contributed by atoms with Crippen LogP contribution in [0.25, 0.3) is 0 Å². The van der Waals surface area contributed by atoms with Gasteiger partial charge >= 0.3 is 0 Å². The molecule has 0 aliphatic carbocycles. The van der Waals surface area contributed by atoms with Crippen molar-refractivity contribution in [3.05, 3.63) is 17.8 Å². The number of amides is 1. The van der Waals surface area contributed by atoms with Crippen LogP contribution in [0.4, 0.5) is 11.5 Å². The predicted molar refractivity (Wildman–Crippen MR) is 67.8 cm³/mol. The number of carbonyl (C=O) groups excluding carboxylic acids is 1. The Bertz CT molecular complexity index is 411. The highest BCUT2D eigenvalue weighted by molar-refractivity contribution is 5.98. The lowest BCUT2D eigenvalue weighted by molar-refractivity contribution is 0.100. The molecule has 92 valence electrons. The minimum absolute atomic E-state index is 0.423. The number of nitrogen functional groups attached to an aromatic ring is 1. The minimum Gasteiger partial charge on any atom is -0.397 e. The molecular weight excluding hydrogens is 216 g/mol. The number of carbonyl (C=O) groups is 1. The Balaban J connectivity index is 2.32. The number of nitrogens with zero attached hydrogens (tertiary/aromatic N) is 2. The second-order valence-corrected chi connectivity index (χ2v) is 4.41. The standard InChI is InChI=1S/C12H18N4O/c13-9-7-10(11(14)17)12(15-8-9)16-5-3-1-2-4-6-16/h7-8H,1-6,13H2,(H2,14,17). The van der Waals surface area contributed by atoms with Crippen molar-refractivity contribution in [3.8, 4) is 0 Å². The molecule has 5 heteroatoms. The van der Waals surface area contributed by atoms with Gasteiger partial charge in [0, 0.05) is 13.1 Å². The largest absolute Gasteiger partial charge is 0.397 e. The SMILES string of the molecule is NC(=O)c1cc(N)cnc1N1CCCCCC1. The fourth-order valence-corrected chi connectivity index (χ4v) is 2.19. The van der Waals surface area contributed by atoms with Crippen LogP contribution in [0.5, 0.6) is 0 Å². The Morgan fingerprint density at radius 1 is 1.24 bits per heavy atom. The third kappa shape index (κ3) is 2.67. The zero-order valence-corrected chi connectivity index (χ0v) is 9.85. The van der Waals surface area contributed by atoms with Crippen molar-refractivity contribution in [3.63, 3.8) is 0 Å². The molecule has 0 spiro atoms. The number of hydrogen-bond acceptors (Lipinski definition) is 4. The third-order valence-corrected chi connectivity index (χ3v) is 3.06. The first-order valence-electron chi connectivity index (χ1n) is 5.99. The van der Waals surface area contributed by atoms with Gasteiger partial charge in [0.15, 0.2) is 0 Å². The average molecular weight is 234 g/mol. The van der Waals surface area contributed by atoms with E-state index in [1.54, 1.807) is 12.3 Å². The first-order chi connectivity index (χ1) is 8.18. The number of pyridine rings is 1. The molecule has 1 saturated heterocycles. The number of aromatic nitrogens is 1. The van der Waals surface area contributed by atoms with Crippen molar-refractivity contribution < 1.29 is 4.79 Å².